The van der Waals surface area contributed by atoms with Gasteiger partial charge in [-0.2, -0.15) is 5.10 Å². The van der Waals surface area contributed by atoms with Gasteiger partial charge in [-0.1, -0.05) is 18.2 Å². The summed E-state index contributed by atoms with van der Waals surface area (Å²) in [5.74, 6) is 1.37. The molecule has 0 aliphatic carbocycles. The first-order chi connectivity index (χ1) is 10.2. The van der Waals surface area contributed by atoms with Gasteiger partial charge in [-0.15, -0.1) is 0 Å². The molecule has 0 aliphatic rings. The van der Waals surface area contributed by atoms with E-state index in [0.717, 1.165) is 28.3 Å². The zero-order valence-electron chi connectivity index (χ0n) is 11.9. The molecule has 2 heterocycles. The average molecular weight is 280 g/mol. The van der Waals surface area contributed by atoms with E-state index in [0.29, 0.717) is 5.82 Å². The molecule has 0 radical (unpaired) electrons. The number of nitrogens with two attached hydrogens (primary N) is 1. The van der Waals surface area contributed by atoms with Gasteiger partial charge in [-0.3, -0.25) is 9.67 Å². The second-order valence-corrected chi connectivity index (χ2v) is 4.68. The molecule has 3 aromatic rings. The molecule has 2 N–H and O–H groups in total. The van der Waals surface area contributed by atoms with Crippen LogP contribution in [0.4, 0.5) is 5.82 Å². The predicted octanol–water partition coefficient (Wildman–Crippen LogP) is 2.74. The lowest BCUT2D eigenvalue weighted by Gasteiger charge is -2.05. The van der Waals surface area contributed by atoms with E-state index in [-0.39, 0.29) is 0 Å². The van der Waals surface area contributed by atoms with Crippen LogP contribution in [-0.2, 0) is 7.05 Å². The molecular weight excluding hydrogens is 264 g/mol. The normalized spacial score (nSPS) is 10.6. The number of aromatic nitrogens is 3. The van der Waals surface area contributed by atoms with E-state index < -0.39 is 0 Å². The van der Waals surface area contributed by atoms with Crippen LogP contribution in [0.3, 0.4) is 0 Å². The van der Waals surface area contributed by atoms with E-state index in [9.17, 15) is 0 Å². The van der Waals surface area contributed by atoms with Crippen molar-refractivity contribution in [2.45, 2.75) is 0 Å². The number of nitrogens with zero attached hydrogens (tertiary/aromatic N) is 3. The molecule has 3 rings (SSSR count). The number of aryl methyl sites for hydroxylation is 1. The van der Waals surface area contributed by atoms with Crippen LogP contribution >= 0.6 is 0 Å². The predicted molar refractivity (Wildman–Crippen MR) is 82.8 cm³/mol. The summed E-state index contributed by atoms with van der Waals surface area (Å²) in [6.07, 6.45) is 1.75. The van der Waals surface area contributed by atoms with Gasteiger partial charge >= 0.3 is 0 Å². The molecule has 0 saturated carbocycles. The molecule has 2 aromatic heterocycles. The number of rotatable bonds is 3. The van der Waals surface area contributed by atoms with Crippen LogP contribution < -0.4 is 10.5 Å². The number of hydrogen-bond acceptors (Lipinski definition) is 4. The third kappa shape index (κ3) is 2.33. The minimum absolute atomic E-state index is 0.589. The second-order valence-electron chi connectivity index (χ2n) is 4.68. The Morgan fingerprint density at radius 3 is 2.71 bits per heavy atom. The second kappa shape index (κ2) is 5.28. The molecule has 21 heavy (non-hydrogen) atoms. The SMILES string of the molecule is COc1cccc(-c2nn(C)c(N)c2-c2ccccn2)c1. The van der Waals surface area contributed by atoms with Crippen LogP contribution in [0.1, 0.15) is 0 Å². The largest absolute Gasteiger partial charge is 0.497 e. The van der Waals surface area contributed by atoms with Crippen LogP contribution in [-0.4, -0.2) is 21.9 Å². The smallest absolute Gasteiger partial charge is 0.131 e. The summed E-state index contributed by atoms with van der Waals surface area (Å²) in [4.78, 5) is 4.39. The number of nitrogen functional groups attached to an aromatic ring is 1. The standard InChI is InChI=1S/C16H16N4O/c1-20-16(17)14(13-8-3-4-9-18-13)15(19-20)11-6-5-7-12(10-11)21-2/h3-10H,17H2,1-2H3. The van der Waals surface area contributed by atoms with Crippen molar-refractivity contribution in [3.63, 3.8) is 0 Å². The van der Waals surface area contributed by atoms with E-state index >= 15 is 0 Å². The molecule has 0 aliphatic heterocycles. The molecule has 106 valence electrons. The minimum Gasteiger partial charge on any atom is -0.497 e. The molecule has 0 bridgehead atoms. The van der Waals surface area contributed by atoms with Crippen LogP contribution in [0, 0.1) is 0 Å². The van der Waals surface area contributed by atoms with Crippen molar-refractivity contribution in [2.24, 2.45) is 7.05 Å². The molecule has 0 fully saturated rings. The highest BCUT2D eigenvalue weighted by molar-refractivity contribution is 5.86. The van der Waals surface area contributed by atoms with E-state index in [2.05, 4.69) is 10.1 Å². The van der Waals surface area contributed by atoms with Crippen LogP contribution in [0.5, 0.6) is 5.75 Å². The number of anilines is 1. The third-order valence-corrected chi connectivity index (χ3v) is 3.36. The highest BCUT2D eigenvalue weighted by atomic mass is 16.5. The van der Waals surface area contributed by atoms with E-state index in [4.69, 9.17) is 10.5 Å². The van der Waals surface area contributed by atoms with Crippen LogP contribution in [0.25, 0.3) is 22.5 Å². The van der Waals surface area contributed by atoms with Crippen molar-refractivity contribution >= 4 is 5.82 Å². The maximum atomic E-state index is 6.17. The van der Waals surface area contributed by atoms with Gasteiger partial charge in [0.25, 0.3) is 0 Å². The number of ether oxygens (including phenoxy) is 1. The highest BCUT2D eigenvalue weighted by Crippen LogP contribution is 2.35. The van der Waals surface area contributed by atoms with E-state index in [1.165, 1.54) is 0 Å². The van der Waals surface area contributed by atoms with Crippen molar-refractivity contribution in [1.29, 1.82) is 0 Å². The fourth-order valence-corrected chi connectivity index (χ4v) is 2.27. The van der Waals surface area contributed by atoms with Crippen LogP contribution in [0.15, 0.2) is 48.7 Å². The summed E-state index contributed by atoms with van der Waals surface area (Å²) >= 11 is 0. The highest BCUT2D eigenvalue weighted by Gasteiger charge is 2.18. The molecule has 5 nitrogen and oxygen atoms in total. The van der Waals surface area contributed by atoms with Gasteiger partial charge in [0, 0.05) is 18.8 Å². The molecule has 0 saturated heterocycles. The fraction of sp³-hybridized carbons (Fsp3) is 0.125. The van der Waals surface area contributed by atoms with Gasteiger partial charge in [0.1, 0.15) is 17.3 Å². The Hall–Kier alpha value is -2.82. The van der Waals surface area contributed by atoms with Crippen molar-refractivity contribution in [1.82, 2.24) is 14.8 Å². The van der Waals surface area contributed by atoms with Gasteiger partial charge in [0.05, 0.1) is 18.4 Å². The Kier molecular flexibility index (Phi) is 3.31. The van der Waals surface area contributed by atoms with Gasteiger partial charge in [0.15, 0.2) is 0 Å². The molecule has 0 atom stereocenters. The van der Waals surface area contributed by atoms with Crippen molar-refractivity contribution < 1.29 is 4.74 Å². The van der Waals surface area contributed by atoms with Gasteiger partial charge in [-0.05, 0) is 24.3 Å². The Balaban J connectivity index is 2.21. The zero-order chi connectivity index (χ0) is 14.8. The number of hydrogen-bond donors (Lipinski definition) is 1. The first kappa shape index (κ1) is 13.2. The summed E-state index contributed by atoms with van der Waals surface area (Å²) in [6, 6.07) is 13.5. The quantitative estimate of drug-likeness (QED) is 0.801. The van der Waals surface area contributed by atoms with Crippen LogP contribution in [0.2, 0.25) is 0 Å². The molecule has 0 unspecified atom stereocenters. The van der Waals surface area contributed by atoms with Crippen molar-refractivity contribution in [2.75, 3.05) is 12.8 Å². The maximum absolute atomic E-state index is 6.17. The first-order valence-corrected chi connectivity index (χ1v) is 6.59. The summed E-state index contributed by atoms with van der Waals surface area (Å²) < 4.78 is 6.94. The lowest BCUT2D eigenvalue weighted by atomic mass is 10.0. The van der Waals surface area contributed by atoms with Crippen molar-refractivity contribution in [3.8, 4) is 28.3 Å². The van der Waals surface area contributed by atoms with E-state index in [1.54, 1.807) is 18.0 Å². The number of benzene rings is 1. The number of pyridine rings is 1. The molecule has 1 aromatic carbocycles. The summed E-state index contributed by atoms with van der Waals surface area (Å²) in [7, 11) is 3.47. The molecule has 0 spiro atoms. The Labute approximate surface area is 123 Å². The monoisotopic (exact) mass is 280 g/mol. The molecule has 5 heteroatoms. The lowest BCUT2D eigenvalue weighted by molar-refractivity contribution is 0.415. The van der Waals surface area contributed by atoms with Gasteiger partial charge in [0.2, 0.25) is 0 Å². The Morgan fingerprint density at radius 2 is 2.00 bits per heavy atom. The first-order valence-electron chi connectivity index (χ1n) is 6.59. The Bertz CT molecular complexity index is 765. The summed E-state index contributed by atoms with van der Waals surface area (Å²) in [6.45, 7) is 0. The third-order valence-electron chi connectivity index (χ3n) is 3.36. The van der Waals surface area contributed by atoms with Gasteiger partial charge < -0.3 is 10.5 Å². The fourth-order valence-electron chi connectivity index (χ4n) is 2.27. The molecule has 0 amide bonds. The summed E-state index contributed by atoms with van der Waals surface area (Å²) in [5.41, 5.74) is 9.56. The summed E-state index contributed by atoms with van der Waals surface area (Å²) in [5, 5.41) is 4.53. The van der Waals surface area contributed by atoms with E-state index in [1.807, 2.05) is 49.5 Å². The van der Waals surface area contributed by atoms with Crippen molar-refractivity contribution in [3.05, 3.63) is 48.7 Å². The average Bonchev–Trinajstić information content (AvgIpc) is 2.84. The minimum atomic E-state index is 0.589. The Morgan fingerprint density at radius 1 is 1.14 bits per heavy atom. The lowest BCUT2D eigenvalue weighted by Crippen LogP contribution is -1.98. The number of methoxy groups -OCH3 is 1. The van der Waals surface area contributed by atoms with Gasteiger partial charge in [-0.25, -0.2) is 0 Å². The zero-order valence-corrected chi connectivity index (χ0v) is 11.9. The maximum Gasteiger partial charge on any atom is 0.131 e. The topological polar surface area (TPSA) is 66.0 Å². The molecular formula is C16H16N4O.